The van der Waals surface area contributed by atoms with E-state index in [9.17, 15) is 18.1 Å². The Bertz CT molecular complexity index is 754. The molecule has 0 aliphatic rings. The minimum atomic E-state index is -4.32. The van der Waals surface area contributed by atoms with E-state index in [1.807, 2.05) is 20.8 Å². The monoisotopic (exact) mass is 306 g/mol. The third-order valence-corrected chi connectivity index (χ3v) is 4.21. The first-order valence-corrected chi connectivity index (χ1v) is 7.94. The molecule has 0 aromatic heterocycles. The average molecular weight is 306 g/mol. The van der Waals surface area contributed by atoms with Gasteiger partial charge in [-0.05, 0) is 40.8 Å². The van der Waals surface area contributed by atoms with E-state index < -0.39 is 10.1 Å². The van der Waals surface area contributed by atoms with Crippen molar-refractivity contribution in [3.8, 4) is 16.9 Å². The Kier molecular flexibility index (Phi) is 3.82. The maximum atomic E-state index is 11.6. The molecule has 21 heavy (non-hydrogen) atoms. The van der Waals surface area contributed by atoms with Crippen LogP contribution in [0.3, 0.4) is 0 Å². The first-order chi connectivity index (χ1) is 9.59. The fourth-order valence-corrected chi connectivity index (χ4v) is 2.78. The number of phenols is 1. The lowest BCUT2D eigenvalue weighted by Crippen LogP contribution is -2.12. The molecule has 0 amide bonds. The molecule has 4 nitrogen and oxygen atoms in total. The molecule has 0 aliphatic heterocycles. The summed E-state index contributed by atoms with van der Waals surface area (Å²) in [5.74, 6) is 0.0964. The van der Waals surface area contributed by atoms with E-state index in [0.29, 0.717) is 11.1 Å². The summed E-state index contributed by atoms with van der Waals surface area (Å²) < 4.78 is 32.5. The second-order valence-electron chi connectivity index (χ2n) is 5.98. The molecule has 0 atom stereocenters. The zero-order valence-electron chi connectivity index (χ0n) is 12.2. The summed E-state index contributed by atoms with van der Waals surface area (Å²) in [6, 6.07) is 11.1. The van der Waals surface area contributed by atoms with Crippen molar-refractivity contribution in [2.75, 3.05) is 0 Å². The number of benzene rings is 2. The fraction of sp³-hybridized carbons (Fsp3) is 0.250. The molecule has 0 bridgehead atoms. The van der Waals surface area contributed by atoms with Crippen molar-refractivity contribution >= 4 is 10.1 Å². The van der Waals surface area contributed by atoms with Crippen molar-refractivity contribution in [3.05, 3.63) is 48.0 Å². The Morgan fingerprint density at radius 2 is 1.52 bits per heavy atom. The normalized spacial score (nSPS) is 12.4. The smallest absolute Gasteiger partial charge is 0.295 e. The third kappa shape index (κ3) is 3.43. The van der Waals surface area contributed by atoms with Gasteiger partial charge in [-0.15, -0.1) is 0 Å². The number of hydrogen-bond donors (Lipinski definition) is 2. The Morgan fingerprint density at radius 3 is 2.00 bits per heavy atom. The van der Waals surface area contributed by atoms with Crippen molar-refractivity contribution in [1.82, 2.24) is 0 Å². The molecular weight excluding hydrogens is 288 g/mol. The van der Waals surface area contributed by atoms with E-state index in [4.69, 9.17) is 0 Å². The Hall–Kier alpha value is -1.85. The summed E-state index contributed by atoms with van der Waals surface area (Å²) in [4.78, 5) is -0.138. The third-order valence-electron chi connectivity index (χ3n) is 3.30. The second-order valence-corrected chi connectivity index (χ2v) is 7.37. The summed E-state index contributed by atoms with van der Waals surface area (Å²) in [5.41, 5.74) is 1.85. The van der Waals surface area contributed by atoms with E-state index in [-0.39, 0.29) is 16.1 Å². The van der Waals surface area contributed by atoms with E-state index in [0.717, 1.165) is 5.56 Å². The van der Waals surface area contributed by atoms with Gasteiger partial charge in [0.05, 0.1) is 0 Å². The molecule has 5 heteroatoms. The van der Waals surface area contributed by atoms with Crippen LogP contribution in [0.4, 0.5) is 0 Å². The minimum Gasteiger partial charge on any atom is -0.508 e. The van der Waals surface area contributed by atoms with E-state index in [1.54, 1.807) is 24.3 Å². The standard InChI is InChI=1S/C16H18O4S/c1-16(2,3)12-6-9-15(21(18,19)20)14(10-12)11-4-7-13(17)8-5-11/h4-10,17H,1-3H3,(H,18,19,20). The van der Waals surface area contributed by atoms with Crippen molar-refractivity contribution in [2.45, 2.75) is 31.1 Å². The van der Waals surface area contributed by atoms with Crippen LogP contribution in [0.1, 0.15) is 26.3 Å². The molecule has 112 valence electrons. The maximum Gasteiger partial charge on any atom is 0.295 e. The van der Waals surface area contributed by atoms with Gasteiger partial charge in [0, 0.05) is 5.56 Å². The summed E-state index contributed by atoms with van der Waals surface area (Å²) in [5, 5.41) is 9.35. The number of phenolic OH excluding ortho intramolecular Hbond substituents is 1. The number of rotatable bonds is 2. The lowest BCUT2D eigenvalue weighted by molar-refractivity contribution is 0.475. The molecule has 0 aliphatic carbocycles. The van der Waals surface area contributed by atoms with Crippen LogP contribution in [0.5, 0.6) is 5.75 Å². The summed E-state index contributed by atoms with van der Waals surface area (Å²) in [6.07, 6.45) is 0. The highest BCUT2D eigenvalue weighted by Crippen LogP contribution is 2.33. The van der Waals surface area contributed by atoms with Gasteiger partial charge in [-0.3, -0.25) is 4.55 Å². The van der Waals surface area contributed by atoms with Gasteiger partial charge in [0.1, 0.15) is 10.6 Å². The molecule has 0 fully saturated rings. The van der Waals surface area contributed by atoms with Crippen LogP contribution in [0.15, 0.2) is 47.4 Å². The van der Waals surface area contributed by atoms with Gasteiger partial charge in [-0.1, -0.05) is 39.0 Å². The Morgan fingerprint density at radius 1 is 0.952 bits per heavy atom. The van der Waals surface area contributed by atoms with Crippen LogP contribution in [0.25, 0.3) is 11.1 Å². The number of aromatic hydroxyl groups is 1. The maximum absolute atomic E-state index is 11.6. The van der Waals surface area contributed by atoms with E-state index in [1.165, 1.54) is 18.2 Å². The molecule has 0 spiro atoms. The minimum absolute atomic E-state index is 0.0964. The number of hydrogen-bond acceptors (Lipinski definition) is 3. The van der Waals surface area contributed by atoms with Gasteiger partial charge in [0.15, 0.2) is 0 Å². The zero-order valence-corrected chi connectivity index (χ0v) is 13.0. The Balaban J connectivity index is 2.73. The molecule has 0 saturated heterocycles. The summed E-state index contributed by atoms with van der Waals surface area (Å²) in [7, 11) is -4.32. The van der Waals surface area contributed by atoms with Gasteiger partial charge >= 0.3 is 0 Å². The van der Waals surface area contributed by atoms with Gasteiger partial charge < -0.3 is 5.11 Å². The quantitative estimate of drug-likeness (QED) is 0.831. The lowest BCUT2D eigenvalue weighted by atomic mass is 9.85. The molecule has 0 unspecified atom stereocenters. The van der Waals surface area contributed by atoms with Gasteiger partial charge in [-0.25, -0.2) is 0 Å². The lowest BCUT2D eigenvalue weighted by Gasteiger charge is -2.21. The highest BCUT2D eigenvalue weighted by molar-refractivity contribution is 7.86. The topological polar surface area (TPSA) is 74.6 Å². The van der Waals surface area contributed by atoms with Crippen LogP contribution >= 0.6 is 0 Å². The van der Waals surface area contributed by atoms with Crippen molar-refractivity contribution in [2.24, 2.45) is 0 Å². The average Bonchev–Trinajstić information content (AvgIpc) is 2.37. The Labute approximate surface area is 124 Å². The molecule has 2 N–H and O–H groups in total. The fourth-order valence-electron chi connectivity index (χ4n) is 2.09. The predicted octanol–water partition coefficient (Wildman–Crippen LogP) is 3.60. The first-order valence-electron chi connectivity index (χ1n) is 6.50. The summed E-state index contributed by atoms with van der Waals surface area (Å²) in [6.45, 7) is 6.07. The van der Waals surface area contributed by atoms with E-state index in [2.05, 4.69) is 0 Å². The van der Waals surface area contributed by atoms with Crippen LogP contribution in [-0.4, -0.2) is 18.1 Å². The largest absolute Gasteiger partial charge is 0.508 e. The van der Waals surface area contributed by atoms with Crippen LogP contribution in [0, 0.1) is 0 Å². The molecule has 0 saturated carbocycles. The van der Waals surface area contributed by atoms with Gasteiger partial charge in [-0.2, -0.15) is 8.42 Å². The van der Waals surface area contributed by atoms with Crippen molar-refractivity contribution in [3.63, 3.8) is 0 Å². The molecule has 0 heterocycles. The first kappa shape index (κ1) is 15.5. The van der Waals surface area contributed by atoms with Crippen LogP contribution in [0.2, 0.25) is 0 Å². The predicted molar refractivity (Wildman–Crippen MR) is 82.1 cm³/mol. The van der Waals surface area contributed by atoms with Crippen molar-refractivity contribution in [1.29, 1.82) is 0 Å². The highest BCUT2D eigenvalue weighted by Gasteiger charge is 2.21. The molecular formula is C16H18O4S. The van der Waals surface area contributed by atoms with E-state index >= 15 is 0 Å². The molecule has 0 radical (unpaired) electrons. The van der Waals surface area contributed by atoms with Gasteiger partial charge in [0.2, 0.25) is 0 Å². The van der Waals surface area contributed by atoms with Crippen molar-refractivity contribution < 1.29 is 18.1 Å². The molecule has 2 aromatic rings. The highest BCUT2D eigenvalue weighted by atomic mass is 32.2. The molecule has 2 aromatic carbocycles. The van der Waals surface area contributed by atoms with Crippen LogP contribution < -0.4 is 0 Å². The van der Waals surface area contributed by atoms with Gasteiger partial charge in [0.25, 0.3) is 10.1 Å². The second kappa shape index (κ2) is 5.16. The molecule has 2 rings (SSSR count). The zero-order chi connectivity index (χ0) is 15.8. The SMILES string of the molecule is CC(C)(C)c1ccc(S(=O)(=O)O)c(-c2ccc(O)cc2)c1. The van der Waals surface area contributed by atoms with Crippen LogP contribution in [-0.2, 0) is 15.5 Å². The summed E-state index contributed by atoms with van der Waals surface area (Å²) >= 11 is 0.